The molecule has 0 atom stereocenters. The first-order valence-electron chi connectivity index (χ1n) is 7.65. The number of benzene rings is 2. The second kappa shape index (κ2) is 6.26. The predicted octanol–water partition coefficient (Wildman–Crippen LogP) is 5.74. The summed E-state index contributed by atoms with van der Waals surface area (Å²) in [6.45, 7) is 11.2. The second-order valence-corrected chi connectivity index (χ2v) is 6.36. The molecule has 21 heavy (non-hydrogen) atoms. The molecule has 0 spiro atoms. The summed E-state index contributed by atoms with van der Waals surface area (Å²) in [4.78, 5) is 4.60. The zero-order valence-electron chi connectivity index (χ0n) is 13.8. The Balaban J connectivity index is 2.43. The van der Waals surface area contributed by atoms with E-state index in [-0.39, 0.29) is 5.41 Å². The Morgan fingerprint density at radius 3 is 2.33 bits per heavy atom. The molecule has 0 fully saturated rings. The summed E-state index contributed by atoms with van der Waals surface area (Å²) in [6, 6.07) is 14.6. The van der Waals surface area contributed by atoms with E-state index in [1.54, 1.807) is 0 Å². The molecule has 0 aliphatic rings. The van der Waals surface area contributed by atoms with Gasteiger partial charge >= 0.3 is 0 Å². The van der Waals surface area contributed by atoms with Crippen LogP contribution in [0.5, 0.6) is 0 Å². The minimum absolute atomic E-state index is 0.200. The maximum Gasteiger partial charge on any atom is 0.0629 e. The van der Waals surface area contributed by atoms with Gasteiger partial charge in [-0.1, -0.05) is 56.7 Å². The zero-order valence-corrected chi connectivity index (χ0v) is 13.8. The number of nitrogens with zero attached hydrogens (tertiary/aromatic N) is 1. The van der Waals surface area contributed by atoms with E-state index < -0.39 is 0 Å². The Labute approximate surface area is 128 Å². The minimum Gasteiger partial charge on any atom is -0.256 e. The molecule has 0 saturated carbocycles. The molecule has 2 rings (SSSR count). The molecule has 0 N–H and O–H groups in total. The molecule has 110 valence electrons. The third-order valence-electron chi connectivity index (χ3n) is 4.31. The molecule has 0 aliphatic carbocycles. The highest BCUT2D eigenvalue weighted by molar-refractivity contribution is 5.84. The average molecular weight is 279 g/mol. The number of hydrogen-bond acceptors (Lipinski definition) is 1. The number of aryl methyl sites for hydroxylation is 1. The molecule has 0 aromatic heterocycles. The van der Waals surface area contributed by atoms with Crippen LogP contribution < -0.4 is 0 Å². The predicted molar refractivity (Wildman–Crippen MR) is 92.9 cm³/mol. The highest BCUT2D eigenvalue weighted by Crippen LogP contribution is 2.31. The fraction of sp³-hybridized carbons (Fsp3) is 0.350. The highest BCUT2D eigenvalue weighted by atomic mass is 14.7. The van der Waals surface area contributed by atoms with Gasteiger partial charge in [0.05, 0.1) is 5.69 Å². The van der Waals surface area contributed by atoms with E-state index in [9.17, 15) is 0 Å². The summed E-state index contributed by atoms with van der Waals surface area (Å²) in [5.74, 6) is 0. The van der Waals surface area contributed by atoms with Gasteiger partial charge in [-0.05, 0) is 54.5 Å². The monoisotopic (exact) mass is 279 g/mol. The number of aliphatic imine (C=N–C) groups is 1. The summed E-state index contributed by atoms with van der Waals surface area (Å²) in [5.41, 5.74) is 6.48. The second-order valence-electron chi connectivity index (χ2n) is 6.36. The van der Waals surface area contributed by atoms with Crippen molar-refractivity contribution in [2.45, 2.75) is 46.5 Å². The summed E-state index contributed by atoms with van der Waals surface area (Å²) >= 11 is 0. The van der Waals surface area contributed by atoms with Crippen LogP contribution in [0.15, 0.2) is 47.5 Å². The first kappa shape index (κ1) is 15.5. The molecule has 1 heteroatoms. The smallest absolute Gasteiger partial charge is 0.0629 e. The molecule has 0 saturated heterocycles. The van der Waals surface area contributed by atoms with Crippen molar-refractivity contribution in [3.8, 4) is 0 Å². The lowest BCUT2D eigenvalue weighted by atomic mass is 9.78. The van der Waals surface area contributed by atoms with Crippen LogP contribution in [0.25, 0.3) is 0 Å². The molecular formula is C20H25N. The van der Waals surface area contributed by atoms with Crippen molar-refractivity contribution < 1.29 is 0 Å². The van der Waals surface area contributed by atoms with E-state index in [1.165, 1.54) is 22.3 Å². The summed E-state index contributed by atoms with van der Waals surface area (Å²) in [7, 11) is 0. The Morgan fingerprint density at radius 1 is 1.05 bits per heavy atom. The van der Waals surface area contributed by atoms with Gasteiger partial charge in [0, 0.05) is 6.21 Å². The molecule has 2 aromatic carbocycles. The van der Waals surface area contributed by atoms with E-state index in [0.29, 0.717) is 0 Å². The first-order valence-corrected chi connectivity index (χ1v) is 7.65. The Kier molecular flexibility index (Phi) is 4.62. The minimum atomic E-state index is 0.200. The molecular weight excluding hydrogens is 254 g/mol. The van der Waals surface area contributed by atoms with Crippen LogP contribution in [0, 0.1) is 13.8 Å². The van der Waals surface area contributed by atoms with E-state index >= 15 is 0 Å². The van der Waals surface area contributed by atoms with Crippen LogP contribution in [0.4, 0.5) is 5.69 Å². The first-order chi connectivity index (χ1) is 9.94. The third kappa shape index (κ3) is 3.60. The van der Waals surface area contributed by atoms with Crippen molar-refractivity contribution in [1.82, 2.24) is 0 Å². The summed E-state index contributed by atoms with van der Waals surface area (Å²) < 4.78 is 0. The van der Waals surface area contributed by atoms with Gasteiger partial charge in [0.25, 0.3) is 0 Å². The van der Waals surface area contributed by atoms with Crippen LogP contribution in [-0.4, -0.2) is 6.21 Å². The number of para-hydroxylation sites is 1. The van der Waals surface area contributed by atoms with Crippen molar-refractivity contribution in [1.29, 1.82) is 0 Å². The van der Waals surface area contributed by atoms with Crippen molar-refractivity contribution in [3.05, 3.63) is 64.7 Å². The topological polar surface area (TPSA) is 12.4 Å². The van der Waals surface area contributed by atoms with E-state index in [1.807, 2.05) is 36.5 Å². The van der Waals surface area contributed by atoms with Crippen LogP contribution in [-0.2, 0) is 5.41 Å². The van der Waals surface area contributed by atoms with Crippen LogP contribution in [0.2, 0.25) is 0 Å². The fourth-order valence-corrected chi connectivity index (χ4v) is 2.57. The van der Waals surface area contributed by atoms with E-state index in [2.05, 4.69) is 51.7 Å². The maximum absolute atomic E-state index is 4.60. The van der Waals surface area contributed by atoms with Gasteiger partial charge in [-0.2, -0.15) is 0 Å². The molecule has 0 heterocycles. The molecule has 0 amide bonds. The molecule has 0 radical (unpaired) electrons. The Bertz CT molecular complexity index is 636. The SMILES string of the molecule is CCC(C)(C)c1cc(C)cc(C=Nc2ccccc2)c1C. The molecule has 1 nitrogen and oxygen atoms in total. The lowest BCUT2D eigenvalue weighted by molar-refractivity contribution is 0.503. The third-order valence-corrected chi connectivity index (χ3v) is 4.31. The van der Waals surface area contributed by atoms with Gasteiger partial charge < -0.3 is 0 Å². The quantitative estimate of drug-likeness (QED) is 0.633. The normalized spacial score (nSPS) is 12.0. The van der Waals surface area contributed by atoms with Gasteiger partial charge in [-0.15, -0.1) is 0 Å². The van der Waals surface area contributed by atoms with Crippen LogP contribution >= 0.6 is 0 Å². The van der Waals surface area contributed by atoms with E-state index in [0.717, 1.165) is 12.1 Å². The van der Waals surface area contributed by atoms with Crippen molar-refractivity contribution >= 4 is 11.9 Å². The van der Waals surface area contributed by atoms with Gasteiger partial charge in [0.1, 0.15) is 0 Å². The van der Waals surface area contributed by atoms with Crippen LogP contribution in [0.3, 0.4) is 0 Å². The van der Waals surface area contributed by atoms with Crippen LogP contribution in [0.1, 0.15) is 49.4 Å². The Morgan fingerprint density at radius 2 is 1.71 bits per heavy atom. The number of rotatable bonds is 4. The van der Waals surface area contributed by atoms with Gasteiger partial charge in [0.15, 0.2) is 0 Å². The summed E-state index contributed by atoms with van der Waals surface area (Å²) in [5, 5.41) is 0. The lowest BCUT2D eigenvalue weighted by Gasteiger charge is -2.27. The average Bonchev–Trinajstić information content (AvgIpc) is 2.48. The van der Waals surface area contributed by atoms with Gasteiger partial charge in [0.2, 0.25) is 0 Å². The van der Waals surface area contributed by atoms with Crippen molar-refractivity contribution in [2.24, 2.45) is 4.99 Å². The summed E-state index contributed by atoms with van der Waals surface area (Å²) in [6.07, 6.45) is 3.12. The van der Waals surface area contributed by atoms with Crippen molar-refractivity contribution in [2.75, 3.05) is 0 Å². The number of hydrogen-bond donors (Lipinski definition) is 0. The lowest BCUT2D eigenvalue weighted by Crippen LogP contribution is -2.18. The standard InChI is InChI=1S/C20H25N/c1-6-20(4,5)19-13-15(2)12-17(16(19)3)14-21-18-10-8-7-9-11-18/h7-14H,6H2,1-5H3. The van der Waals surface area contributed by atoms with E-state index in [4.69, 9.17) is 0 Å². The van der Waals surface area contributed by atoms with Gasteiger partial charge in [-0.3, -0.25) is 4.99 Å². The molecule has 0 unspecified atom stereocenters. The zero-order chi connectivity index (χ0) is 15.5. The molecule has 2 aromatic rings. The highest BCUT2D eigenvalue weighted by Gasteiger charge is 2.21. The maximum atomic E-state index is 4.60. The molecule has 0 bridgehead atoms. The van der Waals surface area contributed by atoms with Crippen molar-refractivity contribution in [3.63, 3.8) is 0 Å². The fourth-order valence-electron chi connectivity index (χ4n) is 2.57. The largest absolute Gasteiger partial charge is 0.256 e. The molecule has 0 aliphatic heterocycles. The van der Waals surface area contributed by atoms with Gasteiger partial charge in [-0.25, -0.2) is 0 Å². The Hall–Kier alpha value is -1.89.